The maximum absolute atomic E-state index is 12.6. The van der Waals surface area contributed by atoms with Gasteiger partial charge in [-0.25, -0.2) is 9.97 Å². The number of aromatic nitrogens is 2. The number of piperazine rings is 1. The largest absolute Gasteiger partial charge is 0.354 e. The summed E-state index contributed by atoms with van der Waals surface area (Å²) in [4.78, 5) is 25.5. The number of carbonyl (C=O) groups excluding carboxylic acids is 1. The lowest BCUT2D eigenvalue weighted by molar-refractivity contribution is 0.0658. The Bertz CT molecular complexity index is 497. The van der Waals surface area contributed by atoms with Crippen LogP contribution in [0, 0.1) is 6.92 Å². The van der Waals surface area contributed by atoms with Crippen molar-refractivity contribution < 1.29 is 4.79 Å². The number of anilines is 1. The molecule has 1 aromatic rings. The maximum Gasteiger partial charge on any atom is 0.272 e. The molecular weight excluding hydrogens is 278 g/mol. The summed E-state index contributed by atoms with van der Waals surface area (Å²) in [6.45, 7) is 8.28. The van der Waals surface area contributed by atoms with Crippen LogP contribution in [0.2, 0.25) is 0 Å². The molecule has 6 nitrogen and oxygen atoms in total. The van der Waals surface area contributed by atoms with Gasteiger partial charge in [0.15, 0.2) is 0 Å². The monoisotopic (exact) mass is 305 g/mol. The van der Waals surface area contributed by atoms with E-state index < -0.39 is 0 Å². The minimum absolute atomic E-state index is 0.00945. The number of nitrogens with zero attached hydrogens (tertiary/aromatic N) is 4. The van der Waals surface area contributed by atoms with Crippen LogP contribution in [0.25, 0.3) is 0 Å². The molecule has 0 saturated carbocycles. The summed E-state index contributed by atoms with van der Waals surface area (Å²) in [6, 6.07) is 1.78. The number of aryl methyl sites for hydroxylation is 1. The second-order valence-corrected chi connectivity index (χ2v) is 5.95. The van der Waals surface area contributed by atoms with Crippen LogP contribution in [0.15, 0.2) is 6.07 Å². The fourth-order valence-electron chi connectivity index (χ4n) is 2.50. The number of hydrogen-bond donors (Lipinski definition) is 1. The van der Waals surface area contributed by atoms with E-state index in [4.69, 9.17) is 0 Å². The Hall–Kier alpha value is -1.69. The molecular formula is C16H27N5O. The number of rotatable bonds is 6. The van der Waals surface area contributed by atoms with Gasteiger partial charge >= 0.3 is 0 Å². The van der Waals surface area contributed by atoms with Crippen LogP contribution in [-0.4, -0.2) is 65.4 Å². The van der Waals surface area contributed by atoms with Crippen LogP contribution in [0.3, 0.4) is 0 Å². The van der Waals surface area contributed by atoms with E-state index in [1.165, 1.54) is 12.8 Å². The van der Waals surface area contributed by atoms with E-state index in [9.17, 15) is 4.79 Å². The number of likely N-dealkylation sites (N-methyl/N-ethyl adjacent to an activating group) is 1. The summed E-state index contributed by atoms with van der Waals surface area (Å²) in [6.07, 6.45) is 3.46. The van der Waals surface area contributed by atoms with Gasteiger partial charge < -0.3 is 15.1 Å². The van der Waals surface area contributed by atoms with Crippen LogP contribution in [0.4, 0.5) is 5.95 Å². The van der Waals surface area contributed by atoms with Crippen molar-refractivity contribution in [1.29, 1.82) is 0 Å². The summed E-state index contributed by atoms with van der Waals surface area (Å²) in [5.74, 6) is 0.573. The Morgan fingerprint density at radius 1 is 1.23 bits per heavy atom. The van der Waals surface area contributed by atoms with Crippen molar-refractivity contribution >= 4 is 11.9 Å². The molecule has 1 N–H and O–H groups in total. The van der Waals surface area contributed by atoms with Crippen LogP contribution in [0.5, 0.6) is 0 Å². The average Bonchev–Trinajstić information content (AvgIpc) is 2.51. The third kappa shape index (κ3) is 4.66. The smallest absolute Gasteiger partial charge is 0.272 e. The minimum Gasteiger partial charge on any atom is -0.354 e. The van der Waals surface area contributed by atoms with Gasteiger partial charge in [-0.2, -0.15) is 0 Å². The molecule has 2 heterocycles. The zero-order valence-electron chi connectivity index (χ0n) is 13.9. The number of nitrogens with one attached hydrogen (secondary N) is 1. The molecule has 0 bridgehead atoms. The van der Waals surface area contributed by atoms with Gasteiger partial charge in [-0.3, -0.25) is 4.79 Å². The van der Waals surface area contributed by atoms with E-state index in [2.05, 4.69) is 34.2 Å². The maximum atomic E-state index is 12.6. The van der Waals surface area contributed by atoms with Crippen molar-refractivity contribution in [3.8, 4) is 0 Å². The van der Waals surface area contributed by atoms with Crippen molar-refractivity contribution in [2.45, 2.75) is 33.1 Å². The lowest BCUT2D eigenvalue weighted by Gasteiger charge is -2.32. The van der Waals surface area contributed by atoms with E-state index >= 15 is 0 Å². The van der Waals surface area contributed by atoms with E-state index in [-0.39, 0.29) is 5.91 Å². The Kier molecular flexibility index (Phi) is 6.12. The SMILES string of the molecule is CCCCCNc1nc(C)cc(C(=O)N2CCN(C)CC2)n1. The van der Waals surface area contributed by atoms with Crippen LogP contribution < -0.4 is 5.32 Å². The second-order valence-electron chi connectivity index (χ2n) is 5.95. The number of hydrogen-bond acceptors (Lipinski definition) is 5. The van der Waals surface area contributed by atoms with E-state index in [1.54, 1.807) is 6.07 Å². The van der Waals surface area contributed by atoms with Crippen LogP contribution in [0.1, 0.15) is 42.4 Å². The number of carbonyl (C=O) groups is 1. The Balaban J connectivity index is 2.00. The fourth-order valence-corrected chi connectivity index (χ4v) is 2.50. The summed E-state index contributed by atoms with van der Waals surface area (Å²) in [5, 5.41) is 3.22. The number of unbranched alkanes of at least 4 members (excludes halogenated alkanes) is 2. The third-order valence-corrected chi connectivity index (χ3v) is 3.93. The molecule has 0 aromatic carbocycles. The van der Waals surface area contributed by atoms with E-state index in [0.717, 1.165) is 44.8 Å². The minimum atomic E-state index is 0.00945. The molecule has 0 aliphatic carbocycles. The first-order chi connectivity index (χ1) is 10.6. The topological polar surface area (TPSA) is 61.4 Å². The van der Waals surface area contributed by atoms with Gasteiger partial charge in [0.2, 0.25) is 5.95 Å². The quantitative estimate of drug-likeness (QED) is 0.812. The predicted octanol–water partition coefficient (Wildman–Crippen LogP) is 1.77. The average molecular weight is 305 g/mol. The predicted molar refractivity (Wildman–Crippen MR) is 88.2 cm³/mol. The van der Waals surface area contributed by atoms with E-state index in [1.807, 2.05) is 11.8 Å². The van der Waals surface area contributed by atoms with Crippen LogP contribution in [-0.2, 0) is 0 Å². The summed E-state index contributed by atoms with van der Waals surface area (Å²) in [7, 11) is 2.08. The molecule has 6 heteroatoms. The third-order valence-electron chi connectivity index (χ3n) is 3.93. The highest BCUT2D eigenvalue weighted by Gasteiger charge is 2.22. The lowest BCUT2D eigenvalue weighted by atomic mass is 10.2. The molecule has 122 valence electrons. The first-order valence-electron chi connectivity index (χ1n) is 8.17. The van der Waals surface area contributed by atoms with Gasteiger partial charge in [0, 0.05) is 38.4 Å². The molecule has 0 radical (unpaired) electrons. The standard InChI is InChI=1S/C16H27N5O/c1-4-5-6-7-17-16-18-13(2)12-14(19-16)15(22)21-10-8-20(3)9-11-21/h12H,4-11H2,1-3H3,(H,17,18,19). The van der Waals surface area contributed by atoms with E-state index in [0.29, 0.717) is 11.6 Å². The Morgan fingerprint density at radius 2 is 1.95 bits per heavy atom. The summed E-state index contributed by atoms with van der Waals surface area (Å²) in [5.41, 5.74) is 1.32. The van der Waals surface area contributed by atoms with Crippen molar-refractivity contribution in [2.24, 2.45) is 0 Å². The van der Waals surface area contributed by atoms with Crippen molar-refractivity contribution in [3.63, 3.8) is 0 Å². The molecule has 1 saturated heterocycles. The van der Waals surface area contributed by atoms with Gasteiger partial charge in [-0.15, -0.1) is 0 Å². The van der Waals surface area contributed by atoms with Crippen molar-refractivity contribution in [2.75, 3.05) is 45.1 Å². The normalized spacial score (nSPS) is 15.9. The summed E-state index contributed by atoms with van der Waals surface area (Å²) >= 11 is 0. The molecule has 0 unspecified atom stereocenters. The molecule has 1 fully saturated rings. The molecule has 1 aliphatic rings. The first-order valence-corrected chi connectivity index (χ1v) is 8.17. The van der Waals surface area contributed by atoms with Crippen LogP contribution >= 0.6 is 0 Å². The molecule has 2 rings (SSSR count). The van der Waals surface area contributed by atoms with Crippen molar-refractivity contribution in [3.05, 3.63) is 17.5 Å². The van der Waals surface area contributed by atoms with Gasteiger partial charge in [0.25, 0.3) is 5.91 Å². The molecule has 0 atom stereocenters. The highest BCUT2D eigenvalue weighted by molar-refractivity contribution is 5.92. The highest BCUT2D eigenvalue weighted by Crippen LogP contribution is 2.10. The first kappa shape index (κ1) is 16.7. The zero-order chi connectivity index (χ0) is 15.9. The second kappa shape index (κ2) is 8.08. The molecule has 1 aliphatic heterocycles. The molecule has 1 aromatic heterocycles. The van der Waals surface area contributed by atoms with Gasteiger partial charge in [0.05, 0.1) is 0 Å². The highest BCUT2D eigenvalue weighted by atomic mass is 16.2. The lowest BCUT2D eigenvalue weighted by Crippen LogP contribution is -2.47. The Morgan fingerprint density at radius 3 is 2.64 bits per heavy atom. The molecule has 22 heavy (non-hydrogen) atoms. The fraction of sp³-hybridized carbons (Fsp3) is 0.688. The number of amides is 1. The van der Waals surface area contributed by atoms with Crippen molar-refractivity contribution in [1.82, 2.24) is 19.8 Å². The van der Waals surface area contributed by atoms with Gasteiger partial charge in [-0.05, 0) is 26.5 Å². The molecule has 1 amide bonds. The zero-order valence-corrected chi connectivity index (χ0v) is 13.9. The Labute approximate surface area is 132 Å². The van der Waals surface area contributed by atoms with Gasteiger partial charge in [0.1, 0.15) is 5.69 Å². The summed E-state index contributed by atoms with van der Waals surface area (Å²) < 4.78 is 0. The molecule has 0 spiro atoms. The van der Waals surface area contributed by atoms with Gasteiger partial charge in [-0.1, -0.05) is 19.8 Å².